The van der Waals surface area contributed by atoms with Crippen LogP contribution in [-0.4, -0.2) is 26.6 Å². The lowest BCUT2D eigenvalue weighted by Gasteiger charge is -2.11. The third-order valence-electron chi connectivity index (χ3n) is 5.28. The van der Waals surface area contributed by atoms with Gasteiger partial charge in [0, 0.05) is 17.0 Å². The second kappa shape index (κ2) is 9.44. The molecule has 5 rings (SSSR count). The first-order valence-corrected chi connectivity index (χ1v) is 10.7. The van der Waals surface area contributed by atoms with E-state index in [9.17, 15) is 14.4 Å². The molecule has 0 aliphatic carbocycles. The number of nitrogens with one attached hydrogen (secondary N) is 2. The molecule has 0 fully saturated rings. The minimum atomic E-state index is -0.609. The predicted molar refractivity (Wildman–Crippen MR) is 129 cm³/mol. The second-order valence-electron chi connectivity index (χ2n) is 7.63. The molecule has 5 aromatic rings. The van der Waals surface area contributed by atoms with Gasteiger partial charge in [0.15, 0.2) is 5.76 Å². The number of carbonyl (C=O) groups excluding carboxylic acids is 2. The van der Waals surface area contributed by atoms with Crippen molar-refractivity contribution in [1.82, 2.24) is 25.6 Å². The largest absolute Gasteiger partial charge is 0.463 e. The van der Waals surface area contributed by atoms with Crippen LogP contribution in [0.15, 0.2) is 100 Å². The lowest BCUT2D eigenvalue weighted by Crippen LogP contribution is -2.44. The summed E-state index contributed by atoms with van der Waals surface area (Å²) < 4.78 is 6.46. The Morgan fingerprint density at radius 2 is 1.66 bits per heavy atom. The monoisotopic (exact) mass is 465 g/mol. The number of pyridine rings is 1. The first-order chi connectivity index (χ1) is 17.1. The number of fused-ring (bicyclic) bond motifs is 1. The number of hydrogen-bond acceptors (Lipinski definition) is 6. The molecule has 0 saturated heterocycles. The number of hydrogen-bond donors (Lipinski definition) is 2. The number of amides is 2. The zero-order valence-corrected chi connectivity index (χ0v) is 18.3. The standard InChI is InChI=1S/C26H19N5O4/c32-24(16-31-25(33)13-12-20(30-31)17-7-2-1-3-8-17)28-29-26(34)19-15-22(23-11-6-14-35-23)27-21-10-5-4-9-18(19)21/h1-15H,16H2,(H,28,32)(H,29,34). The molecule has 0 spiro atoms. The van der Waals surface area contributed by atoms with Crippen LogP contribution in [0.3, 0.4) is 0 Å². The van der Waals surface area contributed by atoms with Gasteiger partial charge in [-0.15, -0.1) is 0 Å². The van der Waals surface area contributed by atoms with Crippen molar-refractivity contribution in [2.24, 2.45) is 0 Å². The van der Waals surface area contributed by atoms with Gasteiger partial charge in [-0.1, -0.05) is 48.5 Å². The number of carbonyl (C=O) groups is 2. The van der Waals surface area contributed by atoms with Crippen molar-refractivity contribution in [3.63, 3.8) is 0 Å². The lowest BCUT2D eigenvalue weighted by molar-refractivity contribution is -0.122. The summed E-state index contributed by atoms with van der Waals surface area (Å²) in [4.78, 5) is 42.2. The maximum atomic E-state index is 13.0. The first-order valence-electron chi connectivity index (χ1n) is 10.7. The van der Waals surface area contributed by atoms with E-state index in [0.29, 0.717) is 33.6 Å². The smallest absolute Gasteiger partial charge is 0.270 e. The van der Waals surface area contributed by atoms with Crippen LogP contribution in [0.1, 0.15) is 10.4 Å². The fourth-order valence-electron chi connectivity index (χ4n) is 3.61. The SMILES string of the molecule is O=C(Cn1nc(-c2ccccc2)ccc1=O)NNC(=O)c1cc(-c2ccco2)nc2ccccc12. The Bertz CT molecular complexity index is 1580. The van der Waals surface area contributed by atoms with Crippen LogP contribution in [0.5, 0.6) is 0 Å². The van der Waals surface area contributed by atoms with Crippen molar-refractivity contribution in [2.75, 3.05) is 0 Å². The highest BCUT2D eigenvalue weighted by atomic mass is 16.3. The van der Waals surface area contributed by atoms with Crippen molar-refractivity contribution >= 4 is 22.7 Å². The third-order valence-corrected chi connectivity index (χ3v) is 5.28. The molecule has 0 unspecified atom stereocenters. The van der Waals surface area contributed by atoms with Gasteiger partial charge in [-0.2, -0.15) is 5.10 Å². The molecule has 172 valence electrons. The van der Waals surface area contributed by atoms with E-state index in [-0.39, 0.29) is 6.54 Å². The van der Waals surface area contributed by atoms with Gasteiger partial charge in [-0.3, -0.25) is 25.2 Å². The van der Waals surface area contributed by atoms with Crippen molar-refractivity contribution in [3.8, 4) is 22.7 Å². The van der Waals surface area contributed by atoms with Crippen LogP contribution in [0.2, 0.25) is 0 Å². The van der Waals surface area contributed by atoms with E-state index in [1.807, 2.05) is 36.4 Å². The van der Waals surface area contributed by atoms with Crippen molar-refractivity contribution in [3.05, 3.63) is 107 Å². The molecule has 2 aromatic carbocycles. The van der Waals surface area contributed by atoms with E-state index in [2.05, 4.69) is 20.9 Å². The Morgan fingerprint density at radius 1 is 0.857 bits per heavy atom. The minimum absolute atomic E-state index is 0.309. The summed E-state index contributed by atoms with van der Waals surface area (Å²) in [5, 5.41) is 4.87. The van der Waals surface area contributed by atoms with Crippen LogP contribution >= 0.6 is 0 Å². The Morgan fingerprint density at radius 3 is 2.46 bits per heavy atom. The van der Waals surface area contributed by atoms with E-state index in [1.54, 1.807) is 42.5 Å². The number of aromatic nitrogens is 3. The van der Waals surface area contributed by atoms with Gasteiger partial charge in [0.25, 0.3) is 17.4 Å². The Balaban J connectivity index is 1.33. The first kappa shape index (κ1) is 21.8. The Kier molecular flexibility index (Phi) is 5.87. The van der Waals surface area contributed by atoms with Gasteiger partial charge in [-0.05, 0) is 30.3 Å². The minimum Gasteiger partial charge on any atom is -0.463 e. The predicted octanol–water partition coefficient (Wildman–Crippen LogP) is 3.18. The quantitative estimate of drug-likeness (QED) is 0.385. The Labute approximate surface area is 199 Å². The maximum absolute atomic E-state index is 13.0. The molecule has 0 aliphatic rings. The molecule has 0 bridgehead atoms. The summed E-state index contributed by atoms with van der Waals surface area (Å²) in [6.07, 6.45) is 1.52. The normalized spacial score (nSPS) is 10.7. The van der Waals surface area contributed by atoms with Crippen LogP contribution in [0, 0.1) is 0 Å². The highest BCUT2D eigenvalue weighted by Gasteiger charge is 2.16. The number of furan rings is 1. The van der Waals surface area contributed by atoms with E-state index < -0.39 is 17.4 Å². The van der Waals surface area contributed by atoms with E-state index in [0.717, 1.165) is 10.2 Å². The molecular formula is C26H19N5O4. The summed E-state index contributed by atoms with van der Waals surface area (Å²) >= 11 is 0. The summed E-state index contributed by atoms with van der Waals surface area (Å²) in [5.41, 5.74) is 7.09. The maximum Gasteiger partial charge on any atom is 0.270 e. The van der Waals surface area contributed by atoms with E-state index in [4.69, 9.17) is 4.42 Å². The van der Waals surface area contributed by atoms with Crippen LogP contribution < -0.4 is 16.4 Å². The van der Waals surface area contributed by atoms with Crippen LogP contribution in [0.4, 0.5) is 0 Å². The van der Waals surface area contributed by atoms with Crippen LogP contribution in [-0.2, 0) is 11.3 Å². The molecule has 3 heterocycles. The average Bonchev–Trinajstić information content (AvgIpc) is 3.44. The number of hydrazine groups is 1. The summed E-state index contributed by atoms with van der Waals surface area (Å²) in [6, 6.07) is 24.5. The topological polar surface area (TPSA) is 119 Å². The molecule has 0 atom stereocenters. The van der Waals surface area contributed by atoms with Gasteiger partial charge < -0.3 is 4.42 Å². The molecule has 9 nitrogen and oxygen atoms in total. The molecule has 9 heteroatoms. The van der Waals surface area contributed by atoms with Crippen molar-refractivity contribution in [2.45, 2.75) is 6.54 Å². The van der Waals surface area contributed by atoms with E-state index in [1.165, 1.54) is 12.3 Å². The number of nitrogens with zero attached hydrogens (tertiary/aromatic N) is 3. The molecule has 2 N–H and O–H groups in total. The molecule has 0 saturated carbocycles. The van der Waals surface area contributed by atoms with Gasteiger partial charge in [0.1, 0.15) is 12.2 Å². The van der Waals surface area contributed by atoms with Gasteiger partial charge >= 0.3 is 0 Å². The molecule has 3 aromatic heterocycles. The molecular weight excluding hydrogens is 446 g/mol. The zero-order chi connectivity index (χ0) is 24.2. The van der Waals surface area contributed by atoms with E-state index >= 15 is 0 Å². The van der Waals surface area contributed by atoms with Crippen LogP contribution in [0.25, 0.3) is 33.6 Å². The highest BCUT2D eigenvalue weighted by molar-refractivity contribution is 6.07. The molecule has 0 radical (unpaired) electrons. The molecule has 2 amide bonds. The second-order valence-corrected chi connectivity index (χ2v) is 7.63. The molecule has 0 aliphatic heterocycles. The van der Waals surface area contributed by atoms with Gasteiger partial charge in [0.05, 0.1) is 23.0 Å². The lowest BCUT2D eigenvalue weighted by atomic mass is 10.1. The Hall–Kier alpha value is -5.05. The number of rotatable bonds is 5. The summed E-state index contributed by atoms with van der Waals surface area (Å²) in [5.74, 6) is -0.636. The van der Waals surface area contributed by atoms with Crippen molar-refractivity contribution in [1.29, 1.82) is 0 Å². The van der Waals surface area contributed by atoms with Crippen molar-refractivity contribution < 1.29 is 14.0 Å². The van der Waals surface area contributed by atoms with Gasteiger partial charge in [0.2, 0.25) is 0 Å². The number of para-hydroxylation sites is 1. The number of benzene rings is 2. The fraction of sp³-hybridized carbons (Fsp3) is 0.0385. The zero-order valence-electron chi connectivity index (χ0n) is 18.3. The molecule has 35 heavy (non-hydrogen) atoms. The fourth-order valence-corrected chi connectivity index (χ4v) is 3.61. The summed E-state index contributed by atoms with van der Waals surface area (Å²) in [7, 11) is 0. The third kappa shape index (κ3) is 4.69. The van der Waals surface area contributed by atoms with Gasteiger partial charge in [-0.25, -0.2) is 9.67 Å². The summed E-state index contributed by atoms with van der Waals surface area (Å²) in [6.45, 7) is -0.367. The average molecular weight is 465 g/mol. The highest BCUT2D eigenvalue weighted by Crippen LogP contribution is 2.25.